The Morgan fingerprint density at radius 1 is 1.07 bits per heavy atom. The van der Waals surface area contributed by atoms with Gasteiger partial charge in [0, 0.05) is 18.6 Å². The lowest BCUT2D eigenvalue weighted by Crippen LogP contribution is -2.42. The first kappa shape index (κ1) is 13.9. The molecular weight excluding hydrogens is 172 g/mol. The molecule has 1 N–H and O–H groups in total. The molecule has 0 aromatic carbocycles. The minimum Gasteiger partial charge on any atom is -0.310 e. The number of hydrogen-bond acceptors (Lipinski definition) is 2. The van der Waals surface area contributed by atoms with Crippen LogP contribution in [0.1, 0.15) is 46.5 Å². The van der Waals surface area contributed by atoms with Crippen molar-refractivity contribution in [2.75, 3.05) is 20.6 Å². The highest BCUT2D eigenvalue weighted by Crippen LogP contribution is 2.05. The Kier molecular flexibility index (Phi) is 8.20. The van der Waals surface area contributed by atoms with Crippen LogP contribution in [0, 0.1) is 0 Å². The van der Waals surface area contributed by atoms with Crippen LogP contribution in [-0.2, 0) is 0 Å². The van der Waals surface area contributed by atoms with E-state index in [1.807, 2.05) is 0 Å². The van der Waals surface area contributed by atoms with Crippen LogP contribution in [0.3, 0.4) is 0 Å². The van der Waals surface area contributed by atoms with E-state index in [2.05, 4.69) is 45.1 Å². The first-order valence-corrected chi connectivity index (χ1v) is 6.00. The van der Waals surface area contributed by atoms with E-state index in [0.29, 0.717) is 6.04 Å². The average Bonchev–Trinajstić information content (AvgIpc) is 2.03. The molecule has 0 aromatic rings. The highest BCUT2D eigenvalue weighted by atomic mass is 15.1. The predicted molar refractivity (Wildman–Crippen MR) is 64.8 cm³/mol. The molecule has 0 amide bonds. The summed E-state index contributed by atoms with van der Waals surface area (Å²) in [5, 5.41) is 3.71. The fourth-order valence-electron chi connectivity index (χ4n) is 2.01. The lowest BCUT2D eigenvalue weighted by Gasteiger charge is -2.24. The van der Waals surface area contributed by atoms with E-state index in [4.69, 9.17) is 0 Å². The lowest BCUT2D eigenvalue weighted by atomic mass is 10.1. The van der Waals surface area contributed by atoms with Crippen molar-refractivity contribution >= 4 is 0 Å². The minimum atomic E-state index is 0.605. The Morgan fingerprint density at radius 3 is 1.93 bits per heavy atom. The molecule has 0 heterocycles. The fourth-order valence-corrected chi connectivity index (χ4v) is 2.01. The van der Waals surface area contributed by atoms with E-state index in [0.717, 1.165) is 12.6 Å². The SMILES string of the molecule is CCCC(CCC)NC(C)CN(C)C. The minimum absolute atomic E-state index is 0.605. The second-order valence-corrected chi connectivity index (χ2v) is 4.60. The number of hydrogen-bond donors (Lipinski definition) is 1. The summed E-state index contributed by atoms with van der Waals surface area (Å²) < 4.78 is 0. The second-order valence-electron chi connectivity index (χ2n) is 4.60. The van der Waals surface area contributed by atoms with Crippen LogP contribution >= 0.6 is 0 Å². The highest BCUT2D eigenvalue weighted by molar-refractivity contribution is 4.72. The molecule has 2 nitrogen and oxygen atoms in total. The Balaban J connectivity index is 3.76. The van der Waals surface area contributed by atoms with E-state index >= 15 is 0 Å². The van der Waals surface area contributed by atoms with Crippen LogP contribution in [0.25, 0.3) is 0 Å². The van der Waals surface area contributed by atoms with E-state index in [9.17, 15) is 0 Å². The van der Waals surface area contributed by atoms with Crippen LogP contribution in [0.15, 0.2) is 0 Å². The maximum absolute atomic E-state index is 3.71. The highest BCUT2D eigenvalue weighted by Gasteiger charge is 2.10. The molecule has 86 valence electrons. The maximum Gasteiger partial charge on any atom is 0.0169 e. The molecule has 0 saturated carbocycles. The van der Waals surface area contributed by atoms with Crippen LogP contribution in [-0.4, -0.2) is 37.6 Å². The average molecular weight is 200 g/mol. The predicted octanol–water partition coefficient (Wildman–Crippen LogP) is 2.49. The zero-order valence-corrected chi connectivity index (χ0v) is 10.6. The van der Waals surface area contributed by atoms with Gasteiger partial charge in [-0.3, -0.25) is 0 Å². The normalized spacial score (nSPS) is 13.9. The van der Waals surface area contributed by atoms with Crippen LogP contribution in [0.2, 0.25) is 0 Å². The summed E-state index contributed by atoms with van der Waals surface area (Å²) in [6.45, 7) is 7.93. The van der Waals surface area contributed by atoms with Crippen molar-refractivity contribution in [3.8, 4) is 0 Å². The molecule has 0 radical (unpaired) electrons. The van der Waals surface area contributed by atoms with E-state index in [-0.39, 0.29) is 0 Å². The smallest absolute Gasteiger partial charge is 0.0169 e. The van der Waals surface area contributed by atoms with Crippen molar-refractivity contribution in [2.24, 2.45) is 0 Å². The first-order chi connectivity index (χ1) is 6.60. The van der Waals surface area contributed by atoms with Gasteiger partial charge < -0.3 is 10.2 Å². The van der Waals surface area contributed by atoms with E-state index < -0.39 is 0 Å². The fraction of sp³-hybridized carbons (Fsp3) is 1.00. The Morgan fingerprint density at radius 2 is 1.57 bits per heavy atom. The molecule has 0 spiro atoms. The Labute approximate surface area is 90.1 Å². The van der Waals surface area contributed by atoms with Gasteiger partial charge in [-0.05, 0) is 33.9 Å². The van der Waals surface area contributed by atoms with Gasteiger partial charge in [0.15, 0.2) is 0 Å². The molecule has 0 aliphatic heterocycles. The van der Waals surface area contributed by atoms with Gasteiger partial charge in [0.05, 0.1) is 0 Å². The molecule has 14 heavy (non-hydrogen) atoms. The summed E-state index contributed by atoms with van der Waals surface area (Å²) in [4.78, 5) is 2.24. The summed E-state index contributed by atoms with van der Waals surface area (Å²) in [6.07, 6.45) is 5.19. The van der Waals surface area contributed by atoms with Gasteiger partial charge in [-0.2, -0.15) is 0 Å². The standard InChI is InChI=1S/C12H28N2/c1-6-8-12(9-7-2)13-11(3)10-14(4)5/h11-13H,6-10H2,1-5H3. The third kappa shape index (κ3) is 7.34. The quantitative estimate of drug-likeness (QED) is 0.647. The van der Waals surface area contributed by atoms with Gasteiger partial charge in [-0.15, -0.1) is 0 Å². The van der Waals surface area contributed by atoms with E-state index in [1.165, 1.54) is 25.7 Å². The second kappa shape index (κ2) is 8.25. The molecule has 0 aliphatic rings. The van der Waals surface area contributed by atoms with Crippen molar-refractivity contribution in [1.29, 1.82) is 0 Å². The molecule has 0 saturated heterocycles. The summed E-state index contributed by atoms with van der Waals surface area (Å²) in [7, 11) is 4.26. The number of likely N-dealkylation sites (N-methyl/N-ethyl adjacent to an activating group) is 1. The zero-order chi connectivity index (χ0) is 11.0. The van der Waals surface area contributed by atoms with Gasteiger partial charge in [0.25, 0.3) is 0 Å². The monoisotopic (exact) mass is 200 g/mol. The van der Waals surface area contributed by atoms with Crippen molar-refractivity contribution in [3.63, 3.8) is 0 Å². The van der Waals surface area contributed by atoms with Gasteiger partial charge in [0.1, 0.15) is 0 Å². The molecule has 2 heteroatoms. The van der Waals surface area contributed by atoms with Crippen molar-refractivity contribution in [3.05, 3.63) is 0 Å². The molecule has 1 unspecified atom stereocenters. The lowest BCUT2D eigenvalue weighted by molar-refractivity contribution is 0.314. The largest absolute Gasteiger partial charge is 0.310 e. The molecule has 0 rings (SSSR count). The third-order valence-electron chi connectivity index (χ3n) is 2.43. The van der Waals surface area contributed by atoms with Gasteiger partial charge >= 0.3 is 0 Å². The van der Waals surface area contributed by atoms with Crippen molar-refractivity contribution in [1.82, 2.24) is 10.2 Å². The third-order valence-corrected chi connectivity index (χ3v) is 2.43. The van der Waals surface area contributed by atoms with E-state index in [1.54, 1.807) is 0 Å². The molecule has 0 aliphatic carbocycles. The molecule has 0 aromatic heterocycles. The molecule has 0 bridgehead atoms. The molecule has 1 atom stereocenters. The number of nitrogens with one attached hydrogen (secondary N) is 1. The Bertz CT molecular complexity index is 117. The van der Waals surface area contributed by atoms with Gasteiger partial charge in [0.2, 0.25) is 0 Å². The number of nitrogens with zero attached hydrogens (tertiary/aromatic N) is 1. The Hall–Kier alpha value is -0.0800. The van der Waals surface area contributed by atoms with Gasteiger partial charge in [-0.1, -0.05) is 26.7 Å². The summed E-state index contributed by atoms with van der Waals surface area (Å²) in [5.41, 5.74) is 0. The molecular formula is C12H28N2. The number of rotatable bonds is 8. The summed E-state index contributed by atoms with van der Waals surface area (Å²) in [5.74, 6) is 0. The zero-order valence-electron chi connectivity index (χ0n) is 10.6. The van der Waals surface area contributed by atoms with Gasteiger partial charge in [-0.25, -0.2) is 0 Å². The topological polar surface area (TPSA) is 15.3 Å². The molecule has 0 fully saturated rings. The maximum atomic E-state index is 3.71. The van der Waals surface area contributed by atoms with Crippen LogP contribution < -0.4 is 5.32 Å². The van der Waals surface area contributed by atoms with Crippen molar-refractivity contribution < 1.29 is 0 Å². The summed E-state index contributed by atoms with van der Waals surface area (Å²) in [6, 6.07) is 1.33. The van der Waals surface area contributed by atoms with Crippen molar-refractivity contribution in [2.45, 2.75) is 58.5 Å². The van der Waals surface area contributed by atoms with Crippen LogP contribution in [0.4, 0.5) is 0 Å². The first-order valence-electron chi connectivity index (χ1n) is 6.00. The van der Waals surface area contributed by atoms with Crippen LogP contribution in [0.5, 0.6) is 0 Å². The summed E-state index contributed by atoms with van der Waals surface area (Å²) >= 11 is 0.